The Morgan fingerprint density at radius 1 is 1.25 bits per heavy atom. The van der Waals surface area contributed by atoms with Crippen molar-refractivity contribution in [3.63, 3.8) is 0 Å². The number of nitrogens with one attached hydrogen (secondary N) is 2. The third-order valence-corrected chi connectivity index (χ3v) is 5.29. The molecule has 0 amide bonds. The van der Waals surface area contributed by atoms with Crippen molar-refractivity contribution in [1.29, 1.82) is 0 Å². The van der Waals surface area contributed by atoms with Crippen LogP contribution in [0.3, 0.4) is 0 Å². The number of rotatable bonds is 9. The molecule has 1 unspecified atom stereocenters. The van der Waals surface area contributed by atoms with E-state index in [0.717, 1.165) is 49.3 Å². The number of hydrogen-bond donors (Lipinski definition) is 2. The van der Waals surface area contributed by atoms with Gasteiger partial charge in [-0.25, -0.2) is 0 Å². The quantitative estimate of drug-likeness (QED) is 0.276. The fourth-order valence-corrected chi connectivity index (χ4v) is 3.59. The van der Waals surface area contributed by atoms with Gasteiger partial charge in [0.25, 0.3) is 0 Å². The van der Waals surface area contributed by atoms with Crippen LogP contribution in [0.2, 0.25) is 0 Å². The van der Waals surface area contributed by atoms with Crippen LogP contribution in [0.15, 0.2) is 27.7 Å². The molecule has 0 bridgehead atoms. The summed E-state index contributed by atoms with van der Waals surface area (Å²) >= 11 is 0. The van der Waals surface area contributed by atoms with E-state index in [9.17, 15) is 0 Å². The molecule has 9 nitrogen and oxygen atoms in total. The second-order valence-corrected chi connectivity index (χ2v) is 8.04. The lowest BCUT2D eigenvalue weighted by Crippen LogP contribution is -2.45. The van der Waals surface area contributed by atoms with Crippen LogP contribution < -0.4 is 20.1 Å². The summed E-state index contributed by atoms with van der Waals surface area (Å²) in [4.78, 5) is 11.2. The smallest absolute Gasteiger partial charge is 0.228 e. The lowest BCUT2D eigenvalue weighted by Gasteiger charge is -2.19. The first kappa shape index (κ1) is 26.2. The zero-order valence-electron chi connectivity index (χ0n) is 19.6. The standard InChI is InChI=1S/C22H34N6O3.HI/c1-15(2)21-26-20(31-27-21)6-8-24-22(23-3)25-17-7-9-28(14-17)13-16-10-18(29-4)12-19(11-16)30-5;/h10-12,15,17H,6-9,13-14H2,1-5H3,(H2,23,24,25);1H. The van der Waals surface area contributed by atoms with Gasteiger partial charge in [-0.05, 0) is 24.1 Å². The highest BCUT2D eigenvalue weighted by molar-refractivity contribution is 14.0. The number of ether oxygens (including phenoxy) is 2. The van der Waals surface area contributed by atoms with Gasteiger partial charge in [-0.2, -0.15) is 4.98 Å². The Morgan fingerprint density at radius 3 is 2.56 bits per heavy atom. The van der Waals surface area contributed by atoms with E-state index in [2.05, 4.69) is 42.8 Å². The number of methoxy groups -OCH3 is 2. The normalized spacial score (nSPS) is 16.7. The summed E-state index contributed by atoms with van der Waals surface area (Å²) in [6.45, 7) is 7.60. The van der Waals surface area contributed by atoms with Gasteiger partial charge >= 0.3 is 0 Å². The van der Waals surface area contributed by atoms with Gasteiger partial charge in [0.05, 0.1) is 14.2 Å². The number of likely N-dealkylation sites (tertiary alicyclic amines) is 1. The van der Waals surface area contributed by atoms with Crippen LogP contribution >= 0.6 is 24.0 Å². The molecule has 0 aliphatic carbocycles. The number of aromatic nitrogens is 2. The Labute approximate surface area is 207 Å². The molecule has 2 aromatic rings. The van der Waals surface area contributed by atoms with Gasteiger partial charge in [0.2, 0.25) is 5.89 Å². The summed E-state index contributed by atoms with van der Waals surface area (Å²) in [7, 11) is 5.14. The summed E-state index contributed by atoms with van der Waals surface area (Å²) in [5.41, 5.74) is 1.18. The molecule has 32 heavy (non-hydrogen) atoms. The molecule has 10 heteroatoms. The Hall–Kier alpha value is -2.08. The molecule has 1 atom stereocenters. The maximum atomic E-state index is 5.38. The molecule has 178 valence electrons. The molecule has 2 heterocycles. The van der Waals surface area contributed by atoms with Crippen LogP contribution in [0, 0.1) is 0 Å². The fourth-order valence-electron chi connectivity index (χ4n) is 3.59. The molecule has 0 saturated carbocycles. The van der Waals surface area contributed by atoms with Crippen molar-refractivity contribution in [3.8, 4) is 11.5 Å². The maximum Gasteiger partial charge on any atom is 0.228 e. The van der Waals surface area contributed by atoms with Gasteiger partial charge in [-0.1, -0.05) is 19.0 Å². The number of nitrogens with zero attached hydrogens (tertiary/aromatic N) is 4. The van der Waals surface area contributed by atoms with Gasteiger partial charge in [-0.15, -0.1) is 24.0 Å². The summed E-state index contributed by atoms with van der Waals surface area (Å²) in [6, 6.07) is 6.36. The van der Waals surface area contributed by atoms with Gasteiger partial charge < -0.3 is 24.6 Å². The molecular weight excluding hydrogens is 523 g/mol. The van der Waals surface area contributed by atoms with E-state index in [4.69, 9.17) is 14.0 Å². The molecule has 1 aromatic carbocycles. The average molecular weight is 558 g/mol. The van der Waals surface area contributed by atoms with Crippen LogP contribution in [-0.4, -0.2) is 67.9 Å². The molecule has 1 saturated heterocycles. The minimum atomic E-state index is 0. The van der Waals surface area contributed by atoms with Crippen molar-refractivity contribution in [1.82, 2.24) is 25.7 Å². The highest BCUT2D eigenvalue weighted by Crippen LogP contribution is 2.24. The van der Waals surface area contributed by atoms with E-state index < -0.39 is 0 Å². The molecule has 1 aliphatic heterocycles. The lowest BCUT2D eigenvalue weighted by atomic mass is 10.2. The summed E-state index contributed by atoms with van der Waals surface area (Å²) in [6.07, 6.45) is 1.72. The van der Waals surface area contributed by atoms with Gasteiger partial charge in [0.15, 0.2) is 11.8 Å². The van der Waals surface area contributed by atoms with E-state index in [-0.39, 0.29) is 29.9 Å². The highest BCUT2D eigenvalue weighted by atomic mass is 127. The summed E-state index contributed by atoms with van der Waals surface area (Å²) < 4.78 is 16.1. The number of hydrogen-bond acceptors (Lipinski definition) is 7. The molecule has 0 radical (unpaired) electrons. The van der Waals surface area contributed by atoms with E-state index >= 15 is 0 Å². The molecular formula is C22H35IN6O3. The minimum absolute atomic E-state index is 0. The van der Waals surface area contributed by atoms with Crippen molar-refractivity contribution >= 4 is 29.9 Å². The zero-order chi connectivity index (χ0) is 22.2. The van der Waals surface area contributed by atoms with Gasteiger partial charge in [0.1, 0.15) is 11.5 Å². The second-order valence-electron chi connectivity index (χ2n) is 8.04. The Morgan fingerprint density at radius 2 is 1.97 bits per heavy atom. The SMILES string of the molecule is CN=C(NCCc1nc(C(C)C)no1)NC1CCN(Cc2cc(OC)cc(OC)c2)C1.I. The fraction of sp³-hybridized carbons (Fsp3) is 0.591. The van der Waals surface area contributed by atoms with Crippen LogP contribution in [-0.2, 0) is 13.0 Å². The van der Waals surface area contributed by atoms with Gasteiger partial charge in [0, 0.05) is 57.7 Å². The molecule has 3 rings (SSSR count). The van der Waals surface area contributed by atoms with Crippen molar-refractivity contribution in [3.05, 3.63) is 35.5 Å². The minimum Gasteiger partial charge on any atom is -0.497 e. The topological polar surface area (TPSA) is 97.0 Å². The largest absolute Gasteiger partial charge is 0.497 e. The number of aliphatic imine (C=N–C) groups is 1. The maximum absolute atomic E-state index is 5.38. The summed E-state index contributed by atoms with van der Waals surface area (Å²) in [5.74, 6) is 4.08. The molecule has 0 spiro atoms. The van der Waals surface area contributed by atoms with Crippen molar-refractivity contribution in [2.75, 3.05) is 40.9 Å². The Balaban J connectivity index is 0.00000363. The summed E-state index contributed by atoms with van der Waals surface area (Å²) in [5, 5.41) is 10.9. The Bertz CT molecular complexity index is 851. The van der Waals surface area contributed by atoms with E-state index in [1.807, 2.05) is 19.9 Å². The first-order chi connectivity index (χ1) is 15.0. The van der Waals surface area contributed by atoms with E-state index in [0.29, 0.717) is 24.9 Å². The predicted octanol–water partition coefficient (Wildman–Crippen LogP) is 2.81. The van der Waals surface area contributed by atoms with E-state index in [1.165, 1.54) is 5.56 Å². The van der Waals surface area contributed by atoms with Gasteiger partial charge in [-0.3, -0.25) is 9.89 Å². The van der Waals surface area contributed by atoms with Crippen molar-refractivity contribution in [2.45, 2.75) is 45.2 Å². The molecule has 1 fully saturated rings. The Kier molecular flexibility index (Phi) is 10.5. The van der Waals surface area contributed by atoms with Crippen LogP contribution in [0.5, 0.6) is 11.5 Å². The van der Waals surface area contributed by atoms with Crippen molar-refractivity contribution in [2.24, 2.45) is 4.99 Å². The first-order valence-corrected chi connectivity index (χ1v) is 10.7. The highest BCUT2D eigenvalue weighted by Gasteiger charge is 2.23. The third kappa shape index (κ3) is 7.51. The number of halogens is 1. The van der Waals surface area contributed by atoms with E-state index in [1.54, 1.807) is 21.3 Å². The number of guanidine groups is 1. The van der Waals surface area contributed by atoms with Crippen LogP contribution in [0.4, 0.5) is 0 Å². The zero-order valence-corrected chi connectivity index (χ0v) is 21.9. The number of benzene rings is 1. The van der Waals surface area contributed by atoms with Crippen LogP contribution in [0.1, 0.15) is 43.5 Å². The molecule has 2 N–H and O–H groups in total. The second kappa shape index (κ2) is 12.8. The predicted molar refractivity (Wildman–Crippen MR) is 135 cm³/mol. The third-order valence-electron chi connectivity index (χ3n) is 5.29. The average Bonchev–Trinajstić information content (AvgIpc) is 3.42. The lowest BCUT2D eigenvalue weighted by molar-refractivity contribution is 0.321. The first-order valence-electron chi connectivity index (χ1n) is 10.7. The van der Waals surface area contributed by atoms with Crippen LogP contribution in [0.25, 0.3) is 0 Å². The monoisotopic (exact) mass is 558 g/mol. The molecule has 1 aromatic heterocycles. The molecule has 1 aliphatic rings. The van der Waals surface area contributed by atoms with Crippen molar-refractivity contribution < 1.29 is 14.0 Å².